The van der Waals surface area contributed by atoms with E-state index in [9.17, 15) is 29.5 Å². The third-order valence-electron chi connectivity index (χ3n) is 8.24. The van der Waals surface area contributed by atoms with Crippen LogP contribution in [0.3, 0.4) is 0 Å². The minimum absolute atomic E-state index is 0.0944. The number of carbonyl (C=O) groups is 2. The summed E-state index contributed by atoms with van der Waals surface area (Å²) in [5, 5.41) is 30.2. The Balaban J connectivity index is 4.30. The Bertz CT molecular complexity index is 1210. The highest BCUT2D eigenvalue weighted by Crippen LogP contribution is 2.36. The van der Waals surface area contributed by atoms with Crippen molar-refractivity contribution in [3.8, 4) is 0 Å². The number of aliphatic hydroxyl groups excluding tert-OH is 3. The van der Waals surface area contributed by atoms with E-state index in [0.29, 0.717) is 12.8 Å². The monoisotopic (exact) mass is 794 g/mol. The van der Waals surface area contributed by atoms with E-state index in [4.69, 9.17) is 19.3 Å². The van der Waals surface area contributed by atoms with Gasteiger partial charge in [0.1, 0.15) is 6.61 Å². The van der Waals surface area contributed by atoms with E-state index in [1.807, 2.05) is 19.1 Å². The second-order valence-corrected chi connectivity index (χ2v) is 14.7. The van der Waals surface area contributed by atoms with Gasteiger partial charge in [0.15, 0.2) is 6.10 Å². The number of carbonyl (C=O) groups excluding carboxylic acids is 2. The maximum absolute atomic E-state index is 12.4. The van der Waals surface area contributed by atoms with Gasteiger partial charge in [-0.3, -0.25) is 14.1 Å². The van der Waals surface area contributed by atoms with Gasteiger partial charge in [-0.1, -0.05) is 144 Å². The minimum atomic E-state index is -4.84. The summed E-state index contributed by atoms with van der Waals surface area (Å²) < 4.78 is 26.2. The molecule has 0 amide bonds. The Labute approximate surface area is 330 Å². The zero-order valence-corrected chi connectivity index (χ0v) is 34.3. The molecule has 314 valence electrons. The Kier molecular flexibility index (Phi) is 34.8. The molecule has 55 heavy (non-hydrogen) atoms. The van der Waals surface area contributed by atoms with Gasteiger partial charge in [0.25, 0.3) is 0 Å². The molecule has 0 fully saturated rings. The predicted molar refractivity (Wildman–Crippen MR) is 220 cm³/mol. The van der Waals surface area contributed by atoms with E-state index in [-0.39, 0.29) is 25.7 Å². The molecule has 0 heterocycles. The first-order valence-electron chi connectivity index (χ1n) is 20.2. The summed E-state index contributed by atoms with van der Waals surface area (Å²) in [7, 11) is -4.84. The highest BCUT2D eigenvalue weighted by atomic mass is 31.2. The first-order chi connectivity index (χ1) is 26.5. The van der Waals surface area contributed by atoms with E-state index in [1.165, 1.54) is 38.2 Å². The summed E-state index contributed by atoms with van der Waals surface area (Å²) in [6.07, 6.45) is 38.2. The average Bonchev–Trinajstić information content (AvgIpc) is 3.14. The van der Waals surface area contributed by atoms with E-state index in [0.717, 1.165) is 51.4 Å². The lowest BCUT2D eigenvalue weighted by Gasteiger charge is -2.18. The van der Waals surface area contributed by atoms with E-state index < -0.39 is 57.4 Å². The first-order valence-corrected chi connectivity index (χ1v) is 21.7. The lowest BCUT2D eigenvalue weighted by Crippen LogP contribution is -2.29. The van der Waals surface area contributed by atoms with Gasteiger partial charge < -0.3 is 34.6 Å². The number of unbranched alkanes of at least 4 members (excludes halogenated alkanes) is 10. The number of esters is 2. The van der Waals surface area contributed by atoms with Crippen molar-refractivity contribution in [2.24, 2.45) is 0 Å². The van der Waals surface area contributed by atoms with E-state index in [1.54, 1.807) is 42.5 Å². The number of hydrogen-bond acceptors (Lipinski definition) is 9. The van der Waals surface area contributed by atoms with Crippen molar-refractivity contribution in [1.82, 2.24) is 0 Å². The van der Waals surface area contributed by atoms with Crippen LogP contribution >= 0.6 is 7.82 Å². The molecule has 0 saturated heterocycles. The quantitative estimate of drug-likeness (QED) is 0.0136. The number of allylic oxidation sites excluding steroid dienone is 11. The van der Waals surface area contributed by atoms with Gasteiger partial charge in [-0.15, -0.1) is 0 Å². The van der Waals surface area contributed by atoms with Gasteiger partial charge in [0.2, 0.25) is 0 Å². The second kappa shape index (κ2) is 36.7. The van der Waals surface area contributed by atoms with Gasteiger partial charge in [-0.2, -0.15) is 0 Å². The fraction of sp³-hybridized carbons (Fsp3) is 0.628. The molecular weight excluding hydrogens is 723 g/mol. The summed E-state index contributed by atoms with van der Waals surface area (Å²) >= 11 is 0. The van der Waals surface area contributed by atoms with Crippen molar-refractivity contribution >= 4 is 19.8 Å². The molecule has 0 aromatic carbocycles. The topological polar surface area (TPSA) is 180 Å². The second-order valence-electron chi connectivity index (χ2n) is 13.4. The zero-order chi connectivity index (χ0) is 40.8. The molecule has 0 bridgehead atoms. The van der Waals surface area contributed by atoms with Crippen LogP contribution in [0.4, 0.5) is 0 Å². The molecular formula is C43H71O11P. The summed E-state index contributed by atoms with van der Waals surface area (Å²) in [5.41, 5.74) is 0. The highest BCUT2D eigenvalue weighted by molar-refractivity contribution is 7.46. The molecule has 0 aromatic heterocycles. The molecule has 0 aliphatic carbocycles. The summed E-state index contributed by atoms with van der Waals surface area (Å²) in [4.78, 5) is 42.9. The van der Waals surface area contributed by atoms with Crippen LogP contribution in [0.2, 0.25) is 0 Å². The lowest BCUT2D eigenvalue weighted by molar-refractivity contribution is -0.161. The van der Waals surface area contributed by atoms with Crippen LogP contribution in [0.25, 0.3) is 0 Å². The smallest absolute Gasteiger partial charge is 0.462 e. The molecule has 0 aliphatic rings. The number of rotatable bonds is 35. The Morgan fingerprint density at radius 1 is 0.636 bits per heavy atom. The third kappa shape index (κ3) is 37.8. The summed E-state index contributed by atoms with van der Waals surface area (Å²) in [5.74, 6) is -1.23. The van der Waals surface area contributed by atoms with Crippen LogP contribution in [0, 0.1) is 0 Å². The van der Waals surface area contributed by atoms with Crippen LogP contribution in [0.5, 0.6) is 0 Å². The molecule has 12 heteroatoms. The third-order valence-corrected chi connectivity index (χ3v) is 8.73. The van der Waals surface area contributed by atoms with Gasteiger partial charge in [-0.05, 0) is 64.2 Å². The van der Waals surface area contributed by atoms with Gasteiger partial charge in [0.05, 0.1) is 24.9 Å². The Hall–Kier alpha value is -2.89. The van der Waals surface area contributed by atoms with Crippen molar-refractivity contribution < 1.29 is 53.3 Å². The van der Waals surface area contributed by atoms with Crippen LogP contribution in [0.1, 0.15) is 136 Å². The van der Waals surface area contributed by atoms with E-state index in [2.05, 4.69) is 35.8 Å². The SMILES string of the molecule is CC/C=C\C[C@@H](O)/C=C/C=C/C=C\C=C/[C@H](O)[C@@H](O)CCCC(=O)OC[C@H](COP(=O)(O)O)OC(=O)CCCCCCCCC/C=C\C/C=C\CCCCC. The van der Waals surface area contributed by atoms with Gasteiger partial charge in [-0.25, -0.2) is 4.57 Å². The fourth-order valence-electron chi connectivity index (χ4n) is 5.10. The van der Waals surface area contributed by atoms with Gasteiger partial charge >= 0.3 is 19.8 Å². The van der Waals surface area contributed by atoms with E-state index >= 15 is 0 Å². The van der Waals surface area contributed by atoms with Crippen LogP contribution < -0.4 is 0 Å². The van der Waals surface area contributed by atoms with Gasteiger partial charge in [0, 0.05) is 12.8 Å². The maximum Gasteiger partial charge on any atom is 0.469 e. The zero-order valence-electron chi connectivity index (χ0n) is 33.4. The number of phosphoric acid groups is 1. The minimum Gasteiger partial charge on any atom is -0.462 e. The van der Waals surface area contributed by atoms with Crippen molar-refractivity contribution in [2.75, 3.05) is 13.2 Å². The standard InChI is InChI=1S/C43H71O11P/c1-3-5-7-8-9-10-11-12-13-14-15-16-17-18-19-24-28-34-43(48)54-39(37-53-55(49,50)51)36-52-42(47)35-29-33-41(46)40(45)32-27-23-21-20-22-26-31-38(44)30-25-6-4-2/h6,9-10,12-13,20-23,25-27,31-32,38-41,44-46H,3-5,7-8,11,14-19,24,28-30,33-37H2,1-2H3,(H2,49,50,51)/b10-9-,13-12-,22-20+,23-21-,25-6-,31-26+,32-27-/t38-,39-,40+,41+/m1/s1. The Morgan fingerprint density at radius 3 is 1.85 bits per heavy atom. The van der Waals surface area contributed by atoms with Crippen molar-refractivity contribution in [2.45, 2.75) is 160 Å². The molecule has 0 rings (SSSR count). The van der Waals surface area contributed by atoms with Crippen molar-refractivity contribution in [3.05, 3.63) is 85.1 Å². The molecule has 4 atom stereocenters. The first kappa shape index (κ1) is 52.1. The largest absolute Gasteiger partial charge is 0.469 e. The lowest BCUT2D eigenvalue weighted by atomic mass is 10.1. The molecule has 0 radical (unpaired) electrons. The van der Waals surface area contributed by atoms with Crippen molar-refractivity contribution in [3.63, 3.8) is 0 Å². The normalized spacial score (nSPS) is 15.1. The number of phosphoric ester groups is 1. The fourth-order valence-corrected chi connectivity index (χ4v) is 5.46. The molecule has 0 spiro atoms. The molecule has 5 N–H and O–H groups in total. The summed E-state index contributed by atoms with van der Waals surface area (Å²) in [6.45, 7) is 3.15. The van der Waals surface area contributed by atoms with Crippen molar-refractivity contribution in [1.29, 1.82) is 0 Å². The molecule has 0 aliphatic heterocycles. The average molecular weight is 795 g/mol. The predicted octanol–water partition coefficient (Wildman–Crippen LogP) is 8.98. The molecule has 0 unspecified atom stereocenters. The number of ether oxygens (including phenoxy) is 2. The molecule has 11 nitrogen and oxygen atoms in total. The van der Waals surface area contributed by atoms with Crippen LogP contribution in [-0.4, -0.2) is 74.7 Å². The number of aliphatic hydroxyl groups is 3. The number of hydrogen-bond donors (Lipinski definition) is 5. The van der Waals surface area contributed by atoms with Crippen LogP contribution in [-0.2, 0) is 28.2 Å². The van der Waals surface area contributed by atoms with Crippen LogP contribution in [0.15, 0.2) is 85.1 Å². The summed E-state index contributed by atoms with van der Waals surface area (Å²) in [6, 6.07) is 0. The Morgan fingerprint density at radius 2 is 1.22 bits per heavy atom. The highest BCUT2D eigenvalue weighted by Gasteiger charge is 2.23. The molecule has 0 saturated carbocycles. The molecule has 0 aromatic rings. The maximum atomic E-state index is 12.4.